The van der Waals surface area contributed by atoms with Crippen molar-refractivity contribution in [2.24, 2.45) is 5.92 Å². The van der Waals surface area contributed by atoms with Crippen molar-refractivity contribution in [2.45, 2.75) is 45.6 Å². The van der Waals surface area contributed by atoms with Gasteiger partial charge in [0.1, 0.15) is 5.82 Å². The number of rotatable bonds is 4. The van der Waals surface area contributed by atoms with E-state index >= 15 is 0 Å². The van der Waals surface area contributed by atoms with Gasteiger partial charge in [-0.1, -0.05) is 25.8 Å². The summed E-state index contributed by atoms with van der Waals surface area (Å²) in [6.07, 6.45) is 4.37. The number of hydrogen-bond acceptors (Lipinski definition) is 3. The molecule has 120 valence electrons. The smallest absolute Gasteiger partial charge is 0.338 e. The molecule has 1 fully saturated rings. The Hall–Kier alpha value is -1.91. The SMILES string of the molecule is Cc1ccc(C(=O)OCC(=O)N[C@@H]2CCCC[C@@H]2C)cc1F. The van der Waals surface area contributed by atoms with Crippen LogP contribution in [-0.2, 0) is 9.53 Å². The molecule has 1 aromatic rings. The highest BCUT2D eigenvalue weighted by Crippen LogP contribution is 2.23. The Morgan fingerprint density at radius 2 is 2.05 bits per heavy atom. The predicted molar refractivity (Wildman–Crippen MR) is 81.0 cm³/mol. The van der Waals surface area contributed by atoms with Gasteiger partial charge in [-0.25, -0.2) is 9.18 Å². The van der Waals surface area contributed by atoms with Crippen LogP contribution < -0.4 is 5.32 Å². The molecule has 0 heterocycles. The lowest BCUT2D eigenvalue weighted by molar-refractivity contribution is -0.125. The van der Waals surface area contributed by atoms with Crippen LogP contribution in [0, 0.1) is 18.7 Å². The van der Waals surface area contributed by atoms with Crippen molar-refractivity contribution in [3.63, 3.8) is 0 Å². The number of aryl methyl sites for hydroxylation is 1. The van der Waals surface area contributed by atoms with Crippen LogP contribution in [0.2, 0.25) is 0 Å². The topological polar surface area (TPSA) is 55.4 Å². The van der Waals surface area contributed by atoms with E-state index in [1.54, 1.807) is 6.92 Å². The number of carbonyl (C=O) groups is 2. The van der Waals surface area contributed by atoms with Crippen molar-refractivity contribution in [3.05, 3.63) is 35.1 Å². The molecule has 1 aliphatic rings. The van der Waals surface area contributed by atoms with E-state index < -0.39 is 11.8 Å². The Labute approximate surface area is 130 Å². The first kappa shape index (κ1) is 16.5. The van der Waals surface area contributed by atoms with E-state index in [-0.39, 0.29) is 24.1 Å². The molecule has 0 radical (unpaired) electrons. The average molecular weight is 307 g/mol. The summed E-state index contributed by atoms with van der Waals surface area (Å²) in [6.45, 7) is 3.39. The fourth-order valence-electron chi connectivity index (χ4n) is 2.71. The van der Waals surface area contributed by atoms with E-state index in [1.807, 2.05) is 0 Å². The van der Waals surface area contributed by atoms with E-state index in [4.69, 9.17) is 4.74 Å². The number of hydrogen-bond donors (Lipinski definition) is 1. The summed E-state index contributed by atoms with van der Waals surface area (Å²) >= 11 is 0. The number of halogens is 1. The zero-order valence-corrected chi connectivity index (χ0v) is 13.0. The molecular weight excluding hydrogens is 285 g/mol. The van der Waals surface area contributed by atoms with Crippen LogP contribution in [-0.4, -0.2) is 24.5 Å². The van der Waals surface area contributed by atoms with Crippen molar-refractivity contribution in [3.8, 4) is 0 Å². The fraction of sp³-hybridized carbons (Fsp3) is 0.529. The molecule has 0 unspecified atom stereocenters. The lowest BCUT2D eigenvalue weighted by atomic mass is 9.86. The largest absolute Gasteiger partial charge is 0.452 e. The highest BCUT2D eigenvalue weighted by Gasteiger charge is 2.23. The number of amides is 1. The molecule has 1 amide bonds. The molecule has 0 saturated heterocycles. The number of carbonyl (C=O) groups excluding carboxylic acids is 2. The Kier molecular flexibility index (Phi) is 5.52. The van der Waals surface area contributed by atoms with E-state index in [0.29, 0.717) is 11.5 Å². The third kappa shape index (κ3) is 4.29. The normalized spacial score (nSPS) is 21.2. The van der Waals surface area contributed by atoms with Crippen LogP contribution in [0.5, 0.6) is 0 Å². The molecule has 2 rings (SSSR count). The van der Waals surface area contributed by atoms with E-state index in [9.17, 15) is 14.0 Å². The summed E-state index contributed by atoms with van der Waals surface area (Å²) in [4.78, 5) is 23.7. The van der Waals surface area contributed by atoms with E-state index in [1.165, 1.54) is 18.6 Å². The zero-order valence-electron chi connectivity index (χ0n) is 13.0. The van der Waals surface area contributed by atoms with Crippen molar-refractivity contribution < 1.29 is 18.7 Å². The van der Waals surface area contributed by atoms with E-state index in [0.717, 1.165) is 25.3 Å². The second-order valence-corrected chi connectivity index (χ2v) is 5.98. The number of nitrogens with one attached hydrogen (secondary N) is 1. The molecule has 5 heteroatoms. The van der Waals surface area contributed by atoms with Crippen molar-refractivity contribution in [1.29, 1.82) is 0 Å². The van der Waals surface area contributed by atoms with Crippen molar-refractivity contribution in [1.82, 2.24) is 5.32 Å². The maximum atomic E-state index is 13.4. The van der Waals surface area contributed by atoms with Gasteiger partial charge < -0.3 is 10.1 Å². The molecule has 0 aromatic heterocycles. The fourth-order valence-corrected chi connectivity index (χ4v) is 2.71. The summed E-state index contributed by atoms with van der Waals surface area (Å²) in [5, 5.41) is 2.91. The quantitative estimate of drug-likeness (QED) is 0.870. The lowest BCUT2D eigenvalue weighted by Gasteiger charge is -2.29. The Balaban J connectivity index is 1.82. The maximum absolute atomic E-state index is 13.4. The second-order valence-electron chi connectivity index (χ2n) is 5.98. The van der Waals surface area contributed by atoms with Crippen LogP contribution in [0.15, 0.2) is 18.2 Å². The Morgan fingerprint density at radius 3 is 2.73 bits per heavy atom. The molecule has 1 saturated carbocycles. The molecule has 2 atom stereocenters. The molecule has 0 bridgehead atoms. The van der Waals surface area contributed by atoms with Gasteiger partial charge in [0, 0.05) is 6.04 Å². The summed E-state index contributed by atoms with van der Waals surface area (Å²) in [6, 6.07) is 4.27. The molecule has 1 aliphatic carbocycles. The molecule has 22 heavy (non-hydrogen) atoms. The third-order valence-corrected chi connectivity index (χ3v) is 4.20. The number of benzene rings is 1. The van der Waals surface area contributed by atoms with Gasteiger partial charge in [-0.2, -0.15) is 0 Å². The Morgan fingerprint density at radius 1 is 1.32 bits per heavy atom. The molecule has 0 aliphatic heterocycles. The molecule has 0 spiro atoms. The maximum Gasteiger partial charge on any atom is 0.338 e. The monoisotopic (exact) mass is 307 g/mol. The first-order valence-corrected chi connectivity index (χ1v) is 7.70. The second kappa shape index (κ2) is 7.38. The predicted octanol–water partition coefficient (Wildman–Crippen LogP) is 2.99. The van der Waals surface area contributed by atoms with Gasteiger partial charge in [0.05, 0.1) is 5.56 Å². The molecular formula is C17H22FNO3. The minimum absolute atomic E-state index is 0.113. The minimum atomic E-state index is -0.689. The zero-order chi connectivity index (χ0) is 16.1. The summed E-state index contributed by atoms with van der Waals surface area (Å²) in [5.41, 5.74) is 0.572. The van der Waals surface area contributed by atoms with Gasteiger partial charge in [-0.15, -0.1) is 0 Å². The van der Waals surface area contributed by atoms with Gasteiger partial charge in [0.2, 0.25) is 0 Å². The molecule has 4 nitrogen and oxygen atoms in total. The Bertz CT molecular complexity index is 559. The summed E-state index contributed by atoms with van der Waals surface area (Å²) in [7, 11) is 0. The van der Waals surface area contributed by atoms with Crippen LogP contribution in [0.4, 0.5) is 4.39 Å². The van der Waals surface area contributed by atoms with Crippen LogP contribution >= 0.6 is 0 Å². The summed E-state index contributed by atoms with van der Waals surface area (Å²) < 4.78 is 18.3. The lowest BCUT2D eigenvalue weighted by Crippen LogP contribution is -2.42. The summed E-state index contributed by atoms with van der Waals surface area (Å²) in [5.74, 6) is -1.01. The van der Waals surface area contributed by atoms with Crippen LogP contribution in [0.3, 0.4) is 0 Å². The first-order valence-electron chi connectivity index (χ1n) is 7.70. The highest BCUT2D eigenvalue weighted by molar-refractivity contribution is 5.91. The van der Waals surface area contributed by atoms with Crippen LogP contribution in [0.25, 0.3) is 0 Å². The molecule has 1 N–H and O–H groups in total. The van der Waals surface area contributed by atoms with Gasteiger partial charge in [-0.05, 0) is 43.4 Å². The number of ether oxygens (including phenoxy) is 1. The van der Waals surface area contributed by atoms with Crippen molar-refractivity contribution >= 4 is 11.9 Å². The van der Waals surface area contributed by atoms with Gasteiger partial charge in [0.25, 0.3) is 5.91 Å². The van der Waals surface area contributed by atoms with Gasteiger partial charge in [-0.3, -0.25) is 4.79 Å². The van der Waals surface area contributed by atoms with Gasteiger partial charge >= 0.3 is 5.97 Å². The van der Waals surface area contributed by atoms with Gasteiger partial charge in [0.15, 0.2) is 6.61 Å². The molecule has 1 aromatic carbocycles. The standard InChI is InChI=1S/C17H22FNO3/c1-11-7-8-13(9-14(11)18)17(21)22-10-16(20)19-15-6-4-3-5-12(15)2/h7-9,12,15H,3-6,10H2,1-2H3,(H,19,20)/t12-,15+/m0/s1. The average Bonchev–Trinajstić information content (AvgIpc) is 2.50. The third-order valence-electron chi connectivity index (χ3n) is 4.20. The van der Waals surface area contributed by atoms with Crippen LogP contribution in [0.1, 0.15) is 48.5 Å². The number of esters is 1. The van der Waals surface area contributed by atoms with Crippen molar-refractivity contribution in [2.75, 3.05) is 6.61 Å². The first-order chi connectivity index (χ1) is 10.5. The minimum Gasteiger partial charge on any atom is -0.452 e. The highest BCUT2D eigenvalue weighted by atomic mass is 19.1. The van der Waals surface area contributed by atoms with E-state index in [2.05, 4.69) is 12.2 Å².